The Morgan fingerprint density at radius 1 is 1.24 bits per heavy atom. The third-order valence-corrected chi connectivity index (χ3v) is 4.38. The number of hydrogen-bond donors (Lipinski definition) is 2. The first kappa shape index (κ1) is 14.0. The molecular formula is C16H23N5. The van der Waals surface area contributed by atoms with E-state index < -0.39 is 0 Å². The summed E-state index contributed by atoms with van der Waals surface area (Å²) in [6.07, 6.45) is 7.97. The largest absolute Gasteiger partial charge is 0.382 e. The number of benzene rings is 1. The Labute approximate surface area is 125 Å². The summed E-state index contributed by atoms with van der Waals surface area (Å²) in [4.78, 5) is 0. The van der Waals surface area contributed by atoms with Crippen LogP contribution in [-0.4, -0.2) is 26.7 Å². The van der Waals surface area contributed by atoms with Crippen molar-refractivity contribution < 1.29 is 0 Å². The van der Waals surface area contributed by atoms with E-state index in [1.54, 1.807) is 0 Å². The second-order valence-corrected chi connectivity index (χ2v) is 5.97. The maximum Gasteiger partial charge on any atom is 0.204 e. The van der Waals surface area contributed by atoms with Crippen molar-refractivity contribution in [1.29, 1.82) is 0 Å². The van der Waals surface area contributed by atoms with Crippen LogP contribution >= 0.6 is 0 Å². The van der Waals surface area contributed by atoms with Gasteiger partial charge in [0.05, 0.1) is 0 Å². The van der Waals surface area contributed by atoms with Crippen LogP contribution in [-0.2, 0) is 0 Å². The average Bonchev–Trinajstić information content (AvgIpc) is 3.04. The molecule has 1 aliphatic rings. The van der Waals surface area contributed by atoms with Crippen molar-refractivity contribution in [1.82, 2.24) is 20.6 Å². The SMILES string of the molecule is CCCC1CCC(Nc2cccc(-c3nn[nH]n3)c2)CC1. The highest BCUT2D eigenvalue weighted by molar-refractivity contribution is 5.61. The number of aromatic nitrogens is 4. The van der Waals surface area contributed by atoms with E-state index in [9.17, 15) is 0 Å². The molecular weight excluding hydrogens is 262 g/mol. The number of H-pyrrole nitrogens is 1. The van der Waals surface area contributed by atoms with Crippen molar-refractivity contribution in [2.24, 2.45) is 5.92 Å². The van der Waals surface area contributed by atoms with E-state index in [2.05, 4.69) is 45.0 Å². The Bertz CT molecular complexity index is 544. The van der Waals surface area contributed by atoms with Crippen molar-refractivity contribution in [2.75, 3.05) is 5.32 Å². The van der Waals surface area contributed by atoms with Crippen LogP contribution in [0.1, 0.15) is 45.4 Å². The molecule has 3 rings (SSSR count). The molecule has 112 valence electrons. The van der Waals surface area contributed by atoms with Crippen LogP contribution in [0.5, 0.6) is 0 Å². The van der Waals surface area contributed by atoms with Crippen LogP contribution in [0, 0.1) is 5.92 Å². The Hall–Kier alpha value is -1.91. The summed E-state index contributed by atoms with van der Waals surface area (Å²) in [5.74, 6) is 1.59. The van der Waals surface area contributed by atoms with Crippen LogP contribution in [0.3, 0.4) is 0 Å². The van der Waals surface area contributed by atoms with Gasteiger partial charge in [-0.2, -0.15) is 5.21 Å². The number of rotatable bonds is 5. The van der Waals surface area contributed by atoms with E-state index in [4.69, 9.17) is 0 Å². The highest BCUT2D eigenvalue weighted by Gasteiger charge is 2.20. The second-order valence-electron chi connectivity index (χ2n) is 5.97. The minimum Gasteiger partial charge on any atom is -0.382 e. The summed E-state index contributed by atoms with van der Waals surface area (Å²) in [6.45, 7) is 2.29. The molecule has 0 saturated heterocycles. The molecule has 2 aromatic rings. The van der Waals surface area contributed by atoms with Crippen molar-refractivity contribution in [3.8, 4) is 11.4 Å². The standard InChI is InChI=1S/C16H23N5/c1-2-4-12-7-9-14(10-8-12)17-15-6-3-5-13(11-15)16-18-20-21-19-16/h3,5-6,11-12,14,17H,2,4,7-10H2,1H3,(H,18,19,20,21). The summed E-state index contributed by atoms with van der Waals surface area (Å²) in [7, 11) is 0. The van der Waals surface area contributed by atoms with Crippen molar-refractivity contribution >= 4 is 5.69 Å². The van der Waals surface area contributed by atoms with E-state index >= 15 is 0 Å². The number of hydrogen-bond acceptors (Lipinski definition) is 4. The van der Waals surface area contributed by atoms with Gasteiger partial charge in [0.25, 0.3) is 0 Å². The maximum absolute atomic E-state index is 4.03. The predicted molar refractivity (Wildman–Crippen MR) is 83.9 cm³/mol. The molecule has 1 heterocycles. The Balaban J connectivity index is 1.60. The van der Waals surface area contributed by atoms with Crippen LogP contribution in [0.25, 0.3) is 11.4 Å². The van der Waals surface area contributed by atoms with E-state index in [1.807, 2.05) is 12.1 Å². The zero-order chi connectivity index (χ0) is 14.5. The quantitative estimate of drug-likeness (QED) is 0.880. The van der Waals surface area contributed by atoms with Gasteiger partial charge in [0, 0.05) is 17.3 Å². The van der Waals surface area contributed by atoms with Gasteiger partial charge in [-0.1, -0.05) is 31.9 Å². The molecule has 0 spiro atoms. The molecule has 1 saturated carbocycles. The fourth-order valence-corrected chi connectivity index (χ4v) is 3.27. The van der Waals surface area contributed by atoms with Gasteiger partial charge >= 0.3 is 0 Å². The minimum absolute atomic E-state index is 0.596. The van der Waals surface area contributed by atoms with Crippen LogP contribution in [0.2, 0.25) is 0 Å². The van der Waals surface area contributed by atoms with E-state index in [0.29, 0.717) is 11.9 Å². The molecule has 1 aromatic carbocycles. The number of nitrogens with zero attached hydrogens (tertiary/aromatic N) is 3. The Kier molecular flexibility index (Phi) is 4.48. The molecule has 0 amide bonds. The van der Waals surface area contributed by atoms with Gasteiger partial charge in [-0.05, 0) is 48.9 Å². The number of anilines is 1. The summed E-state index contributed by atoms with van der Waals surface area (Å²) in [5.41, 5.74) is 2.14. The summed E-state index contributed by atoms with van der Waals surface area (Å²) < 4.78 is 0. The smallest absolute Gasteiger partial charge is 0.204 e. The highest BCUT2D eigenvalue weighted by Crippen LogP contribution is 2.30. The third kappa shape index (κ3) is 3.60. The zero-order valence-electron chi connectivity index (χ0n) is 12.5. The summed E-state index contributed by atoms with van der Waals surface area (Å²) in [6, 6.07) is 8.86. The summed E-state index contributed by atoms with van der Waals surface area (Å²) >= 11 is 0. The molecule has 0 atom stereocenters. The zero-order valence-corrected chi connectivity index (χ0v) is 12.5. The lowest BCUT2D eigenvalue weighted by Crippen LogP contribution is -2.26. The lowest BCUT2D eigenvalue weighted by atomic mass is 9.83. The molecule has 0 radical (unpaired) electrons. The van der Waals surface area contributed by atoms with Gasteiger partial charge in [0.15, 0.2) is 0 Å². The Morgan fingerprint density at radius 2 is 2.10 bits per heavy atom. The van der Waals surface area contributed by atoms with Gasteiger partial charge in [-0.25, -0.2) is 0 Å². The minimum atomic E-state index is 0.596. The molecule has 1 fully saturated rings. The van der Waals surface area contributed by atoms with E-state index in [0.717, 1.165) is 17.2 Å². The molecule has 1 aliphatic carbocycles. The lowest BCUT2D eigenvalue weighted by molar-refractivity contribution is 0.319. The van der Waals surface area contributed by atoms with Crippen molar-refractivity contribution in [2.45, 2.75) is 51.5 Å². The second kappa shape index (κ2) is 6.70. The van der Waals surface area contributed by atoms with E-state index in [-0.39, 0.29) is 0 Å². The fourth-order valence-electron chi connectivity index (χ4n) is 3.27. The third-order valence-electron chi connectivity index (χ3n) is 4.38. The average molecular weight is 285 g/mol. The molecule has 21 heavy (non-hydrogen) atoms. The fraction of sp³-hybridized carbons (Fsp3) is 0.562. The molecule has 0 aliphatic heterocycles. The normalized spacial score (nSPS) is 22.1. The van der Waals surface area contributed by atoms with Gasteiger partial charge in [-0.3, -0.25) is 0 Å². The molecule has 2 N–H and O–H groups in total. The monoisotopic (exact) mass is 285 g/mol. The molecule has 5 nitrogen and oxygen atoms in total. The number of tetrazole rings is 1. The first-order chi connectivity index (χ1) is 10.3. The van der Waals surface area contributed by atoms with Gasteiger partial charge in [-0.15, -0.1) is 10.2 Å². The van der Waals surface area contributed by atoms with Crippen molar-refractivity contribution in [3.63, 3.8) is 0 Å². The topological polar surface area (TPSA) is 66.5 Å². The Morgan fingerprint density at radius 3 is 2.81 bits per heavy atom. The first-order valence-electron chi connectivity index (χ1n) is 7.95. The predicted octanol–water partition coefficient (Wildman–Crippen LogP) is 3.64. The van der Waals surface area contributed by atoms with Gasteiger partial charge in [0.1, 0.15) is 0 Å². The van der Waals surface area contributed by atoms with Gasteiger partial charge in [0.2, 0.25) is 5.82 Å². The molecule has 1 aromatic heterocycles. The first-order valence-corrected chi connectivity index (χ1v) is 7.95. The number of nitrogens with one attached hydrogen (secondary N) is 2. The maximum atomic E-state index is 4.03. The molecule has 0 unspecified atom stereocenters. The van der Waals surface area contributed by atoms with Crippen LogP contribution in [0.4, 0.5) is 5.69 Å². The summed E-state index contributed by atoms with van der Waals surface area (Å²) in [5, 5.41) is 17.8. The van der Waals surface area contributed by atoms with Gasteiger partial charge < -0.3 is 5.32 Å². The van der Waals surface area contributed by atoms with Crippen LogP contribution in [0.15, 0.2) is 24.3 Å². The molecule has 5 heteroatoms. The number of aromatic amines is 1. The van der Waals surface area contributed by atoms with Crippen LogP contribution < -0.4 is 5.32 Å². The highest BCUT2D eigenvalue weighted by atomic mass is 15.5. The lowest BCUT2D eigenvalue weighted by Gasteiger charge is -2.29. The molecule has 0 bridgehead atoms. The van der Waals surface area contributed by atoms with Crippen molar-refractivity contribution in [3.05, 3.63) is 24.3 Å². The van der Waals surface area contributed by atoms with E-state index in [1.165, 1.54) is 38.5 Å².